The van der Waals surface area contributed by atoms with Crippen molar-refractivity contribution in [2.45, 2.75) is 24.8 Å². The van der Waals surface area contributed by atoms with E-state index in [1.54, 1.807) is 26.0 Å². The molecule has 1 amide bonds. The first-order valence-electron chi connectivity index (χ1n) is 8.97. The molecule has 0 aliphatic heterocycles. The van der Waals surface area contributed by atoms with Gasteiger partial charge in [0.2, 0.25) is 0 Å². The Kier molecular flexibility index (Phi) is 5.92. The Morgan fingerprint density at radius 3 is 2.50 bits per heavy atom. The van der Waals surface area contributed by atoms with Crippen molar-refractivity contribution in [3.05, 3.63) is 58.5 Å². The molecule has 1 aromatic heterocycles. The van der Waals surface area contributed by atoms with Gasteiger partial charge in [0.1, 0.15) is 6.54 Å². The average molecular weight is 432 g/mol. The van der Waals surface area contributed by atoms with Crippen LogP contribution in [0.2, 0.25) is 0 Å². The number of hydrogen-bond acceptors (Lipinski definition) is 6. The summed E-state index contributed by atoms with van der Waals surface area (Å²) in [5.41, 5.74) is 0.416. The molecule has 158 valence electrons. The van der Waals surface area contributed by atoms with Gasteiger partial charge < -0.3 is 20.0 Å². The molecule has 0 aliphatic carbocycles. The van der Waals surface area contributed by atoms with Crippen LogP contribution in [0.4, 0.5) is 5.69 Å². The van der Waals surface area contributed by atoms with Crippen LogP contribution >= 0.6 is 0 Å². The fourth-order valence-electron chi connectivity index (χ4n) is 2.70. The number of fused-ring (bicyclic) bond motifs is 1. The van der Waals surface area contributed by atoms with Crippen LogP contribution in [0.3, 0.4) is 0 Å². The van der Waals surface area contributed by atoms with E-state index in [1.165, 1.54) is 30.3 Å². The van der Waals surface area contributed by atoms with Gasteiger partial charge >= 0.3 is 11.7 Å². The third kappa shape index (κ3) is 4.87. The molecule has 3 rings (SSSR count). The normalized spacial score (nSPS) is 11.4. The van der Waals surface area contributed by atoms with Crippen molar-refractivity contribution in [1.29, 1.82) is 0 Å². The van der Waals surface area contributed by atoms with Crippen molar-refractivity contribution >= 4 is 38.6 Å². The Labute approximate surface area is 171 Å². The van der Waals surface area contributed by atoms with E-state index in [9.17, 15) is 22.8 Å². The highest BCUT2D eigenvalue weighted by atomic mass is 32.2. The maximum atomic E-state index is 12.8. The average Bonchev–Trinajstić information content (AvgIpc) is 3.05. The van der Waals surface area contributed by atoms with Crippen molar-refractivity contribution in [1.82, 2.24) is 15.3 Å². The number of aromatic amines is 2. The number of esters is 1. The number of rotatable bonds is 7. The standard InChI is InChI=1S/C19H20N4O6S/c1-11(2)29-17(24)10-20-18(25)13-5-3-4-6-14(13)23-30(27,28)12-7-8-15-16(9-12)22-19(26)21-15/h3-9,11,23H,10H2,1-2H3,(H,20,25)(H2,21,22,26). The van der Waals surface area contributed by atoms with Gasteiger partial charge in [0, 0.05) is 0 Å². The molecule has 0 atom stereocenters. The van der Waals surface area contributed by atoms with Crippen LogP contribution in [0.25, 0.3) is 11.0 Å². The molecule has 0 spiro atoms. The summed E-state index contributed by atoms with van der Waals surface area (Å²) in [6.07, 6.45) is -0.319. The van der Waals surface area contributed by atoms with Gasteiger partial charge in [-0.2, -0.15) is 0 Å². The number of H-pyrrole nitrogens is 2. The molecule has 4 N–H and O–H groups in total. The maximum absolute atomic E-state index is 12.8. The molecular formula is C19H20N4O6S. The van der Waals surface area contributed by atoms with Gasteiger partial charge in [-0.15, -0.1) is 0 Å². The predicted octanol–water partition coefficient (Wildman–Crippen LogP) is 1.34. The number of sulfonamides is 1. The zero-order valence-electron chi connectivity index (χ0n) is 16.2. The Morgan fingerprint density at radius 1 is 1.07 bits per heavy atom. The summed E-state index contributed by atoms with van der Waals surface area (Å²) in [5.74, 6) is -1.25. The molecule has 2 aromatic carbocycles. The smallest absolute Gasteiger partial charge is 0.325 e. The zero-order chi connectivity index (χ0) is 21.9. The van der Waals surface area contributed by atoms with Gasteiger partial charge in [-0.3, -0.25) is 14.3 Å². The van der Waals surface area contributed by atoms with Crippen LogP contribution in [0, 0.1) is 0 Å². The predicted molar refractivity (Wildman–Crippen MR) is 110 cm³/mol. The molecule has 3 aromatic rings. The van der Waals surface area contributed by atoms with Gasteiger partial charge in [-0.05, 0) is 44.2 Å². The van der Waals surface area contributed by atoms with Crippen LogP contribution in [-0.2, 0) is 19.6 Å². The summed E-state index contributed by atoms with van der Waals surface area (Å²) in [5, 5.41) is 2.40. The lowest BCUT2D eigenvalue weighted by molar-refractivity contribution is -0.146. The van der Waals surface area contributed by atoms with Crippen molar-refractivity contribution in [3.8, 4) is 0 Å². The lowest BCUT2D eigenvalue weighted by atomic mass is 10.1. The van der Waals surface area contributed by atoms with Crippen molar-refractivity contribution in [2.75, 3.05) is 11.3 Å². The Bertz CT molecular complexity index is 1260. The molecule has 11 heteroatoms. The summed E-state index contributed by atoms with van der Waals surface area (Å²) >= 11 is 0. The Balaban J connectivity index is 1.81. The van der Waals surface area contributed by atoms with Crippen LogP contribution in [0.15, 0.2) is 52.2 Å². The van der Waals surface area contributed by atoms with E-state index in [1.807, 2.05) is 0 Å². The fourth-order valence-corrected chi connectivity index (χ4v) is 3.81. The summed E-state index contributed by atoms with van der Waals surface area (Å²) in [4.78, 5) is 40.4. The number of carbonyl (C=O) groups excluding carboxylic acids is 2. The highest BCUT2D eigenvalue weighted by Crippen LogP contribution is 2.22. The summed E-state index contributed by atoms with van der Waals surface area (Å²) in [6, 6.07) is 10.1. The monoisotopic (exact) mass is 432 g/mol. The van der Waals surface area contributed by atoms with Crippen LogP contribution < -0.4 is 15.7 Å². The minimum Gasteiger partial charge on any atom is -0.462 e. The summed E-state index contributed by atoms with van der Waals surface area (Å²) in [7, 11) is -4.06. The number of para-hydroxylation sites is 1. The minimum absolute atomic E-state index is 0.0366. The minimum atomic E-state index is -4.06. The number of hydrogen-bond donors (Lipinski definition) is 4. The SMILES string of the molecule is CC(C)OC(=O)CNC(=O)c1ccccc1NS(=O)(=O)c1ccc2[nH]c(=O)[nH]c2c1. The lowest BCUT2D eigenvalue weighted by Gasteiger charge is -2.13. The second-order valence-electron chi connectivity index (χ2n) is 6.66. The number of benzene rings is 2. The fraction of sp³-hybridized carbons (Fsp3) is 0.211. The quantitative estimate of drug-likeness (QED) is 0.414. The molecule has 0 saturated heterocycles. The molecule has 0 radical (unpaired) electrons. The van der Waals surface area contributed by atoms with E-state index in [0.29, 0.717) is 11.0 Å². The van der Waals surface area contributed by atoms with Crippen molar-refractivity contribution in [3.63, 3.8) is 0 Å². The van der Waals surface area contributed by atoms with Gasteiger partial charge in [0.05, 0.1) is 33.3 Å². The number of imidazole rings is 1. The topological polar surface area (TPSA) is 150 Å². The molecule has 1 heterocycles. The summed E-state index contributed by atoms with van der Waals surface area (Å²) < 4.78 is 32.9. The highest BCUT2D eigenvalue weighted by molar-refractivity contribution is 7.92. The van der Waals surface area contributed by atoms with E-state index < -0.39 is 27.6 Å². The third-order valence-corrected chi connectivity index (χ3v) is 5.34. The van der Waals surface area contributed by atoms with E-state index >= 15 is 0 Å². The van der Waals surface area contributed by atoms with Gasteiger partial charge in [-0.25, -0.2) is 13.2 Å². The van der Waals surface area contributed by atoms with Crippen LogP contribution in [-0.4, -0.2) is 42.9 Å². The van der Waals surface area contributed by atoms with Crippen molar-refractivity contribution < 1.29 is 22.7 Å². The molecule has 0 saturated carbocycles. The molecule has 0 fully saturated rings. The first-order chi connectivity index (χ1) is 14.2. The Hall–Kier alpha value is -3.60. The molecule has 0 bridgehead atoms. The number of amides is 1. The molecule has 0 unspecified atom stereocenters. The van der Waals surface area contributed by atoms with Gasteiger partial charge in [-0.1, -0.05) is 12.1 Å². The number of ether oxygens (including phenoxy) is 1. The van der Waals surface area contributed by atoms with E-state index in [-0.39, 0.29) is 28.8 Å². The molecule has 10 nitrogen and oxygen atoms in total. The molecule has 30 heavy (non-hydrogen) atoms. The molecule has 0 aliphatic rings. The Morgan fingerprint density at radius 2 is 1.77 bits per heavy atom. The largest absolute Gasteiger partial charge is 0.462 e. The molecular weight excluding hydrogens is 412 g/mol. The number of aromatic nitrogens is 2. The first kappa shape index (κ1) is 21.1. The van der Waals surface area contributed by atoms with Gasteiger partial charge in [0.25, 0.3) is 15.9 Å². The lowest BCUT2D eigenvalue weighted by Crippen LogP contribution is -2.32. The van der Waals surface area contributed by atoms with Gasteiger partial charge in [0.15, 0.2) is 0 Å². The van der Waals surface area contributed by atoms with E-state index in [4.69, 9.17) is 4.74 Å². The van der Waals surface area contributed by atoms with E-state index in [0.717, 1.165) is 0 Å². The number of anilines is 1. The van der Waals surface area contributed by atoms with Crippen LogP contribution in [0.5, 0.6) is 0 Å². The van der Waals surface area contributed by atoms with E-state index in [2.05, 4.69) is 20.0 Å². The summed E-state index contributed by atoms with van der Waals surface area (Å²) in [6.45, 7) is 3.02. The third-order valence-electron chi connectivity index (χ3n) is 3.97. The first-order valence-corrected chi connectivity index (χ1v) is 10.5. The second-order valence-corrected chi connectivity index (χ2v) is 8.34. The number of carbonyl (C=O) groups is 2. The van der Waals surface area contributed by atoms with Crippen molar-refractivity contribution in [2.24, 2.45) is 0 Å². The number of nitrogens with one attached hydrogen (secondary N) is 4. The maximum Gasteiger partial charge on any atom is 0.325 e. The van der Waals surface area contributed by atoms with Crippen LogP contribution in [0.1, 0.15) is 24.2 Å². The highest BCUT2D eigenvalue weighted by Gasteiger charge is 2.20. The zero-order valence-corrected chi connectivity index (χ0v) is 17.0. The second kappa shape index (κ2) is 8.41.